The van der Waals surface area contributed by atoms with Crippen molar-refractivity contribution in [2.75, 3.05) is 7.11 Å². The fourth-order valence-corrected chi connectivity index (χ4v) is 2.33. The molecule has 0 saturated carbocycles. The van der Waals surface area contributed by atoms with Crippen molar-refractivity contribution in [1.82, 2.24) is 0 Å². The first kappa shape index (κ1) is 23.2. The van der Waals surface area contributed by atoms with E-state index in [1.165, 1.54) is 14.0 Å². The number of ether oxygens (including phenoxy) is 2. The highest BCUT2D eigenvalue weighted by Gasteiger charge is 2.21. The third kappa shape index (κ3) is 15.4. The van der Waals surface area contributed by atoms with Crippen molar-refractivity contribution in [3.63, 3.8) is 0 Å². The molecule has 0 aliphatic heterocycles. The van der Waals surface area contributed by atoms with E-state index in [2.05, 4.69) is 48.1 Å². The van der Waals surface area contributed by atoms with E-state index in [0.29, 0.717) is 6.42 Å². The smallest absolute Gasteiger partial charge is 0.347 e. The van der Waals surface area contributed by atoms with Gasteiger partial charge in [0.2, 0.25) is 0 Å². The summed E-state index contributed by atoms with van der Waals surface area (Å²) >= 11 is 0. The van der Waals surface area contributed by atoms with Gasteiger partial charge in [-0.15, -0.1) is 0 Å². The van der Waals surface area contributed by atoms with E-state index in [1.54, 1.807) is 0 Å². The van der Waals surface area contributed by atoms with Crippen molar-refractivity contribution in [2.45, 2.75) is 77.7 Å². The van der Waals surface area contributed by atoms with E-state index in [4.69, 9.17) is 4.74 Å². The summed E-state index contributed by atoms with van der Waals surface area (Å²) in [6.45, 7) is 3.44. The first-order valence-electron chi connectivity index (χ1n) is 9.31. The summed E-state index contributed by atoms with van der Waals surface area (Å²) in [5.74, 6) is -0.924. The molecule has 1 unspecified atom stereocenters. The highest BCUT2D eigenvalue weighted by atomic mass is 16.6. The zero-order chi connectivity index (χ0) is 18.8. The van der Waals surface area contributed by atoms with Gasteiger partial charge in [0.25, 0.3) is 0 Å². The SMILES string of the molecule is CC/C=C\C/C=C\C/C=C\CCCCCCC(OC(C)=O)C(=O)OC. The maximum absolute atomic E-state index is 11.5. The first-order valence-corrected chi connectivity index (χ1v) is 9.31. The standard InChI is InChI=1S/C21H34O4/c1-4-5-6-7-8-9-10-11-12-13-14-15-16-17-18-20(21(23)24-3)25-19(2)22/h5-6,8-9,11-12,20H,4,7,10,13-18H2,1-3H3/b6-5-,9-8-,12-11-. The predicted molar refractivity (Wildman–Crippen MR) is 102 cm³/mol. The summed E-state index contributed by atoms with van der Waals surface area (Å²) in [4.78, 5) is 22.5. The van der Waals surface area contributed by atoms with Gasteiger partial charge in [0.1, 0.15) is 0 Å². The molecule has 0 saturated heterocycles. The Morgan fingerprint density at radius 3 is 2.08 bits per heavy atom. The Labute approximate surface area is 153 Å². The molecule has 0 bridgehead atoms. The number of rotatable bonds is 14. The van der Waals surface area contributed by atoms with E-state index in [-0.39, 0.29) is 0 Å². The Bertz CT molecular complexity index is 435. The second kappa shape index (κ2) is 17.0. The monoisotopic (exact) mass is 350 g/mol. The summed E-state index contributed by atoms with van der Waals surface area (Å²) in [5, 5.41) is 0. The van der Waals surface area contributed by atoms with Gasteiger partial charge >= 0.3 is 11.9 Å². The van der Waals surface area contributed by atoms with Crippen LogP contribution in [0.15, 0.2) is 36.5 Å². The van der Waals surface area contributed by atoms with E-state index in [1.807, 2.05) is 0 Å². The molecule has 0 radical (unpaired) electrons. The second-order valence-corrected chi connectivity index (χ2v) is 5.91. The minimum atomic E-state index is -0.763. The van der Waals surface area contributed by atoms with Crippen LogP contribution in [0.1, 0.15) is 71.6 Å². The molecule has 0 heterocycles. The average Bonchev–Trinajstić information content (AvgIpc) is 2.60. The van der Waals surface area contributed by atoms with Crippen LogP contribution in [-0.4, -0.2) is 25.2 Å². The van der Waals surface area contributed by atoms with Crippen LogP contribution in [0.4, 0.5) is 0 Å². The van der Waals surface area contributed by atoms with Crippen LogP contribution in [0.25, 0.3) is 0 Å². The largest absolute Gasteiger partial charge is 0.466 e. The molecule has 0 N–H and O–H groups in total. The molecule has 0 aromatic carbocycles. The fraction of sp³-hybridized carbons (Fsp3) is 0.619. The lowest BCUT2D eigenvalue weighted by molar-refractivity contribution is -0.165. The lowest BCUT2D eigenvalue weighted by Gasteiger charge is -2.14. The van der Waals surface area contributed by atoms with Crippen molar-refractivity contribution in [3.05, 3.63) is 36.5 Å². The maximum Gasteiger partial charge on any atom is 0.347 e. The number of esters is 2. The molecule has 0 aliphatic carbocycles. The van der Waals surface area contributed by atoms with Gasteiger partial charge in [-0.05, 0) is 44.9 Å². The minimum Gasteiger partial charge on any atom is -0.466 e. The molecule has 1 atom stereocenters. The Hall–Kier alpha value is -1.84. The van der Waals surface area contributed by atoms with Gasteiger partial charge in [-0.2, -0.15) is 0 Å². The van der Waals surface area contributed by atoms with E-state index < -0.39 is 18.0 Å². The van der Waals surface area contributed by atoms with Crippen molar-refractivity contribution >= 4 is 11.9 Å². The molecule has 0 aromatic rings. The second-order valence-electron chi connectivity index (χ2n) is 5.91. The van der Waals surface area contributed by atoms with Crippen LogP contribution in [0, 0.1) is 0 Å². The van der Waals surface area contributed by atoms with Crippen molar-refractivity contribution in [1.29, 1.82) is 0 Å². The molecular weight excluding hydrogens is 316 g/mol. The van der Waals surface area contributed by atoms with Gasteiger partial charge in [-0.3, -0.25) is 4.79 Å². The summed E-state index contributed by atoms with van der Waals surface area (Å²) in [5.41, 5.74) is 0. The van der Waals surface area contributed by atoms with E-state index >= 15 is 0 Å². The number of methoxy groups -OCH3 is 1. The van der Waals surface area contributed by atoms with Crippen LogP contribution in [0.2, 0.25) is 0 Å². The summed E-state index contributed by atoms with van der Waals surface area (Å²) in [6.07, 6.45) is 21.2. The van der Waals surface area contributed by atoms with E-state index in [9.17, 15) is 9.59 Å². The summed E-state index contributed by atoms with van der Waals surface area (Å²) in [6, 6.07) is 0. The molecule has 25 heavy (non-hydrogen) atoms. The number of hydrogen-bond donors (Lipinski definition) is 0. The predicted octanol–water partition coefficient (Wildman–Crippen LogP) is 5.29. The molecule has 0 aliphatic rings. The lowest BCUT2D eigenvalue weighted by Crippen LogP contribution is -2.27. The van der Waals surface area contributed by atoms with Gasteiger partial charge < -0.3 is 9.47 Å². The van der Waals surface area contributed by atoms with Crippen molar-refractivity contribution in [2.24, 2.45) is 0 Å². The molecule has 142 valence electrons. The minimum absolute atomic E-state index is 0.448. The molecule has 0 rings (SSSR count). The van der Waals surface area contributed by atoms with Crippen LogP contribution >= 0.6 is 0 Å². The van der Waals surface area contributed by atoms with Crippen LogP contribution in [0.3, 0.4) is 0 Å². The molecule has 0 aromatic heterocycles. The highest BCUT2D eigenvalue weighted by molar-refractivity contribution is 5.78. The fourth-order valence-electron chi connectivity index (χ4n) is 2.33. The number of carbonyl (C=O) groups is 2. The maximum atomic E-state index is 11.5. The van der Waals surface area contributed by atoms with E-state index in [0.717, 1.165) is 51.4 Å². The molecular formula is C21H34O4. The lowest BCUT2D eigenvalue weighted by atomic mass is 10.1. The zero-order valence-corrected chi connectivity index (χ0v) is 16.0. The number of unbranched alkanes of at least 4 members (excludes halogenated alkanes) is 4. The van der Waals surface area contributed by atoms with Crippen molar-refractivity contribution in [3.8, 4) is 0 Å². The van der Waals surface area contributed by atoms with Gasteiger partial charge in [-0.1, -0.05) is 56.2 Å². The Morgan fingerprint density at radius 1 is 0.880 bits per heavy atom. The number of allylic oxidation sites excluding steroid dienone is 6. The molecule has 4 nitrogen and oxygen atoms in total. The summed E-state index contributed by atoms with van der Waals surface area (Å²) in [7, 11) is 1.31. The normalized spacial score (nSPS) is 12.9. The quantitative estimate of drug-likeness (QED) is 0.243. The summed E-state index contributed by atoms with van der Waals surface area (Å²) < 4.78 is 9.63. The van der Waals surface area contributed by atoms with Crippen LogP contribution in [-0.2, 0) is 19.1 Å². The highest BCUT2D eigenvalue weighted by Crippen LogP contribution is 2.11. The van der Waals surface area contributed by atoms with Crippen molar-refractivity contribution < 1.29 is 19.1 Å². The van der Waals surface area contributed by atoms with Gasteiger partial charge in [0.05, 0.1) is 7.11 Å². The first-order chi connectivity index (χ1) is 12.1. The topological polar surface area (TPSA) is 52.6 Å². The molecule has 0 amide bonds. The average molecular weight is 350 g/mol. The molecule has 4 heteroatoms. The number of hydrogen-bond acceptors (Lipinski definition) is 4. The Kier molecular flexibility index (Phi) is 15.7. The van der Waals surface area contributed by atoms with Gasteiger partial charge in [-0.25, -0.2) is 4.79 Å². The van der Waals surface area contributed by atoms with Crippen LogP contribution in [0.5, 0.6) is 0 Å². The number of carbonyl (C=O) groups excluding carboxylic acids is 2. The molecule has 0 spiro atoms. The third-order valence-corrected chi connectivity index (χ3v) is 3.64. The van der Waals surface area contributed by atoms with Crippen LogP contribution < -0.4 is 0 Å². The van der Waals surface area contributed by atoms with Gasteiger partial charge in [0.15, 0.2) is 6.10 Å². The molecule has 0 fully saturated rings. The third-order valence-electron chi connectivity index (χ3n) is 3.64. The Balaban J connectivity index is 3.64. The zero-order valence-electron chi connectivity index (χ0n) is 16.0. The van der Waals surface area contributed by atoms with Gasteiger partial charge in [0, 0.05) is 6.92 Å². The Morgan fingerprint density at radius 2 is 1.48 bits per heavy atom.